The van der Waals surface area contributed by atoms with Gasteiger partial charge in [0.15, 0.2) is 0 Å². The van der Waals surface area contributed by atoms with E-state index in [9.17, 15) is 0 Å². The Kier molecular flexibility index (Phi) is 5.68. The van der Waals surface area contributed by atoms with Crippen LogP contribution in [0.5, 0.6) is 0 Å². The molecule has 1 fully saturated rings. The number of nitrogens with zero attached hydrogens (tertiary/aromatic N) is 2. The van der Waals surface area contributed by atoms with E-state index >= 15 is 0 Å². The SMILES string of the molecule is COCCNCc1cnn(C2CCCCCC2)c1. The van der Waals surface area contributed by atoms with Crippen LogP contribution in [0.2, 0.25) is 0 Å². The quantitative estimate of drug-likeness (QED) is 0.624. The van der Waals surface area contributed by atoms with Crippen LogP contribution in [-0.2, 0) is 11.3 Å². The lowest BCUT2D eigenvalue weighted by molar-refractivity contribution is 0.199. The molecule has 4 heteroatoms. The van der Waals surface area contributed by atoms with Crippen LogP contribution < -0.4 is 5.32 Å². The van der Waals surface area contributed by atoms with Crippen molar-refractivity contribution in [3.05, 3.63) is 18.0 Å². The minimum Gasteiger partial charge on any atom is -0.383 e. The van der Waals surface area contributed by atoms with Gasteiger partial charge in [-0.3, -0.25) is 4.68 Å². The van der Waals surface area contributed by atoms with Crippen molar-refractivity contribution in [2.75, 3.05) is 20.3 Å². The van der Waals surface area contributed by atoms with Crippen molar-refractivity contribution in [2.45, 2.75) is 51.1 Å². The summed E-state index contributed by atoms with van der Waals surface area (Å²) in [6.45, 7) is 2.54. The van der Waals surface area contributed by atoms with E-state index in [2.05, 4.69) is 21.3 Å². The van der Waals surface area contributed by atoms with Gasteiger partial charge in [-0.2, -0.15) is 5.10 Å². The predicted molar refractivity (Wildman–Crippen MR) is 72.5 cm³/mol. The van der Waals surface area contributed by atoms with Crippen LogP contribution in [0.4, 0.5) is 0 Å². The zero-order chi connectivity index (χ0) is 12.6. The maximum atomic E-state index is 5.01. The third kappa shape index (κ3) is 4.10. The van der Waals surface area contributed by atoms with Crippen molar-refractivity contribution in [3.8, 4) is 0 Å². The van der Waals surface area contributed by atoms with Crippen LogP contribution in [-0.4, -0.2) is 30.0 Å². The van der Waals surface area contributed by atoms with Crippen LogP contribution >= 0.6 is 0 Å². The van der Waals surface area contributed by atoms with E-state index in [1.54, 1.807) is 7.11 Å². The minimum absolute atomic E-state index is 0.625. The molecule has 18 heavy (non-hydrogen) atoms. The molecule has 1 aromatic heterocycles. The predicted octanol–water partition coefficient (Wildman–Crippen LogP) is 2.51. The van der Waals surface area contributed by atoms with Crippen molar-refractivity contribution in [1.82, 2.24) is 15.1 Å². The topological polar surface area (TPSA) is 39.1 Å². The van der Waals surface area contributed by atoms with Crippen molar-refractivity contribution in [1.29, 1.82) is 0 Å². The van der Waals surface area contributed by atoms with E-state index in [-0.39, 0.29) is 0 Å². The van der Waals surface area contributed by atoms with Gasteiger partial charge in [-0.1, -0.05) is 25.7 Å². The van der Waals surface area contributed by atoms with Gasteiger partial charge in [0.1, 0.15) is 0 Å². The maximum Gasteiger partial charge on any atom is 0.0587 e. The number of ether oxygens (including phenoxy) is 1. The molecule has 1 aliphatic rings. The Hall–Kier alpha value is -0.870. The molecule has 0 aliphatic heterocycles. The van der Waals surface area contributed by atoms with Crippen LogP contribution in [0.15, 0.2) is 12.4 Å². The Labute approximate surface area is 110 Å². The summed E-state index contributed by atoms with van der Waals surface area (Å²) in [5, 5.41) is 7.88. The van der Waals surface area contributed by atoms with Gasteiger partial charge in [0.25, 0.3) is 0 Å². The van der Waals surface area contributed by atoms with E-state index in [1.165, 1.54) is 44.1 Å². The van der Waals surface area contributed by atoms with Crippen LogP contribution in [0, 0.1) is 0 Å². The number of rotatable bonds is 6. The van der Waals surface area contributed by atoms with Gasteiger partial charge in [0, 0.05) is 32.0 Å². The summed E-state index contributed by atoms with van der Waals surface area (Å²) in [6, 6.07) is 0.625. The molecule has 0 spiro atoms. The van der Waals surface area contributed by atoms with E-state index in [1.807, 2.05) is 6.20 Å². The molecule has 1 N–H and O–H groups in total. The summed E-state index contributed by atoms with van der Waals surface area (Å²) in [5.74, 6) is 0. The Balaban J connectivity index is 1.81. The van der Waals surface area contributed by atoms with Crippen LogP contribution in [0.1, 0.15) is 50.1 Å². The fourth-order valence-corrected chi connectivity index (χ4v) is 2.60. The summed E-state index contributed by atoms with van der Waals surface area (Å²) in [7, 11) is 1.73. The molecule has 0 radical (unpaired) electrons. The molecule has 0 amide bonds. The zero-order valence-corrected chi connectivity index (χ0v) is 11.4. The second-order valence-corrected chi connectivity index (χ2v) is 5.14. The van der Waals surface area contributed by atoms with Crippen molar-refractivity contribution in [3.63, 3.8) is 0 Å². The molecule has 1 heterocycles. The first-order valence-corrected chi connectivity index (χ1v) is 7.13. The van der Waals surface area contributed by atoms with Gasteiger partial charge >= 0.3 is 0 Å². The van der Waals surface area contributed by atoms with Gasteiger partial charge in [0.2, 0.25) is 0 Å². The summed E-state index contributed by atoms with van der Waals surface area (Å²) in [4.78, 5) is 0. The molecule has 0 unspecified atom stereocenters. The lowest BCUT2D eigenvalue weighted by Crippen LogP contribution is -2.18. The van der Waals surface area contributed by atoms with Crippen molar-refractivity contribution >= 4 is 0 Å². The first-order valence-electron chi connectivity index (χ1n) is 7.13. The average molecular weight is 251 g/mol. The Morgan fingerprint density at radius 2 is 2.11 bits per heavy atom. The average Bonchev–Trinajstić information content (AvgIpc) is 2.69. The lowest BCUT2D eigenvalue weighted by atomic mass is 10.1. The molecule has 0 saturated heterocycles. The second-order valence-electron chi connectivity index (χ2n) is 5.14. The first-order chi connectivity index (χ1) is 8.90. The maximum absolute atomic E-state index is 5.01. The Bertz CT molecular complexity index is 330. The van der Waals surface area contributed by atoms with E-state index in [4.69, 9.17) is 4.74 Å². The first kappa shape index (κ1) is 13.6. The fourth-order valence-electron chi connectivity index (χ4n) is 2.60. The highest BCUT2D eigenvalue weighted by Gasteiger charge is 2.14. The molecular weight excluding hydrogens is 226 g/mol. The molecule has 2 rings (SSSR count). The van der Waals surface area contributed by atoms with Crippen LogP contribution in [0.3, 0.4) is 0 Å². The molecular formula is C14H25N3O. The summed E-state index contributed by atoms with van der Waals surface area (Å²) >= 11 is 0. The standard InChI is InChI=1S/C14H25N3O/c1-18-9-8-15-10-13-11-16-17(12-13)14-6-4-2-3-5-7-14/h11-12,14-15H,2-10H2,1H3. The van der Waals surface area contributed by atoms with E-state index < -0.39 is 0 Å². The van der Waals surface area contributed by atoms with Crippen molar-refractivity contribution < 1.29 is 4.74 Å². The van der Waals surface area contributed by atoms with E-state index in [0.29, 0.717) is 6.04 Å². The summed E-state index contributed by atoms with van der Waals surface area (Å²) in [5.41, 5.74) is 1.27. The van der Waals surface area contributed by atoms with Gasteiger partial charge < -0.3 is 10.1 Å². The summed E-state index contributed by atoms with van der Waals surface area (Å²) < 4.78 is 7.19. The van der Waals surface area contributed by atoms with Gasteiger partial charge in [-0.15, -0.1) is 0 Å². The highest BCUT2D eigenvalue weighted by Crippen LogP contribution is 2.26. The lowest BCUT2D eigenvalue weighted by Gasteiger charge is -2.14. The van der Waals surface area contributed by atoms with Gasteiger partial charge in [-0.05, 0) is 12.8 Å². The number of hydrogen-bond donors (Lipinski definition) is 1. The Morgan fingerprint density at radius 3 is 2.83 bits per heavy atom. The Morgan fingerprint density at radius 1 is 1.33 bits per heavy atom. The number of hydrogen-bond acceptors (Lipinski definition) is 3. The van der Waals surface area contributed by atoms with Crippen LogP contribution in [0.25, 0.3) is 0 Å². The highest BCUT2D eigenvalue weighted by atomic mass is 16.5. The molecule has 1 aromatic rings. The molecule has 1 saturated carbocycles. The minimum atomic E-state index is 0.625. The third-order valence-corrected chi connectivity index (χ3v) is 3.67. The van der Waals surface area contributed by atoms with Gasteiger partial charge in [0.05, 0.1) is 18.8 Å². The molecule has 4 nitrogen and oxygen atoms in total. The molecule has 0 atom stereocenters. The highest BCUT2D eigenvalue weighted by molar-refractivity contribution is 5.04. The normalized spacial score (nSPS) is 17.8. The molecule has 102 valence electrons. The number of nitrogens with one attached hydrogen (secondary N) is 1. The number of methoxy groups -OCH3 is 1. The summed E-state index contributed by atoms with van der Waals surface area (Å²) in [6.07, 6.45) is 12.3. The smallest absolute Gasteiger partial charge is 0.0587 e. The third-order valence-electron chi connectivity index (χ3n) is 3.67. The largest absolute Gasteiger partial charge is 0.383 e. The van der Waals surface area contributed by atoms with Gasteiger partial charge in [-0.25, -0.2) is 0 Å². The molecule has 0 bridgehead atoms. The van der Waals surface area contributed by atoms with E-state index in [0.717, 1.165) is 19.7 Å². The fraction of sp³-hybridized carbons (Fsp3) is 0.786. The number of aromatic nitrogens is 2. The monoisotopic (exact) mass is 251 g/mol. The molecule has 0 aromatic carbocycles. The van der Waals surface area contributed by atoms with Crippen molar-refractivity contribution in [2.24, 2.45) is 0 Å². The molecule has 1 aliphatic carbocycles. The zero-order valence-electron chi connectivity index (χ0n) is 11.4. The second kappa shape index (κ2) is 7.54.